The van der Waals surface area contributed by atoms with E-state index in [1.807, 2.05) is 30.3 Å². The third-order valence-electron chi connectivity index (χ3n) is 4.17. The lowest BCUT2D eigenvalue weighted by Gasteiger charge is -2.17. The number of furan rings is 1. The lowest BCUT2D eigenvalue weighted by atomic mass is 10.1. The van der Waals surface area contributed by atoms with Crippen LogP contribution in [-0.2, 0) is 20.7 Å². The Hall–Kier alpha value is -3.29. The molecule has 1 atom stereocenters. The molecule has 0 saturated heterocycles. The van der Waals surface area contributed by atoms with Gasteiger partial charge in [0.2, 0.25) is 0 Å². The van der Waals surface area contributed by atoms with E-state index in [4.69, 9.17) is 32.4 Å². The molecular formula is C22H18Cl2N2O5. The summed E-state index contributed by atoms with van der Waals surface area (Å²) in [7, 11) is 0. The van der Waals surface area contributed by atoms with E-state index in [9.17, 15) is 14.4 Å². The van der Waals surface area contributed by atoms with Crippen LogP contribution in [0, 0.1) is 0 Å². The van der Waals surface area contributed by atoms with Crippen LogP contribution in [0.3, 0.4) is 0 Å². The fourth-order valence-electron chi connectivity index (χ4n) is 2.70. The van der Waals surface area contributed by atoms with Crippen LogP contribution in [0.2, 0.25) is 10.0 Å². The average Bonchev–Trinajstić information content (AvgIpc) is 3.30. The number of carbonyl (C=O) groups excluding carboxylic acids is 3. The molecular weight excluding hydrogens is 443 g/mol. The number of anilines is 1. The van der Waals surface area contributed by atoms with E-state index in [0.29, 0.717) is 10.7 Å². The van der Waals surface area contributed by atoms with Gasteiger partial charge in [0, 0.05) is 11.4 Å². The van der Waals surface area contributed by atoms with E-state index in [0.717, 1.165) is 5.56 Å². The van der Waals surface area contributed by atoms with Crippen LogP contribution in [0.5, 0.6) is 0 Å². The molecule has 1 heterocycles. The predicted octanol–water partition coefficient (Wildman–Crippen LogP) is 4.11. The standard InChI is InChI=1S/C22H18Cl2N2O5/c23-15-8-9-16(24)17(12-15)25-20(27)13-31-22(29)18(11-14-5-2-1-3-6-14)26-21(28)19-7-4-10-30-19/h1-10,12,18H,11,13H2,(H,25,27)(H,26,28)/t18-/m0/s1. The van der Waals surface area contributed by atoms with Crippen molar-refractivity contribution in [3.8, 4) is 0 Å². The van der Waals surface area contributed by atoms with Crippen molar-refractivity contribution in [2.75, 3.05) is 11.9 Å². The second-order valence-corrected chi connectivity index (χ2v) is 7.32. The van der Waals surface area contributed by atoms with E-state index in [1.54, 1.807) is 12.1 Å². The van der Waals surface area contributed by atoms with Gasteiger partial charge < -0.3 is 19.8 Å². The largest absolute Gasteiger partial charge is 0.459 e. The van der Waals surface area contributed by atoms with Crippen molar-refractivity contribution < 1.29 is 23.5 Å². The molecule has 2 amide bonds. The van der Waals surface area contributed by atoms with E-state index < -0.39 is 30.4 Å². The number of benzene rings is 2. The van der Waals surface area contributed by atoms with Gasteiger partial charge in [0.05, 0.1) is 17.0 Å². The van der Waals surface area contributed by atoms with Gasteiger partial charge in [0.1, 0.15) is 6.04 Å². The number of amides is 2. The van der Waals surface area contributed by atoms with Crippen LogP contribution in [0.15, 0.2) is 71.3 Å². The molecule has 0 aliphatic carbocycles. The Bertz CT molecular complexity index is 1060. The first-order chi connectivity index (χ1) is 14.9. The molecule has 9 heteroatoms. The maximum Gasteiger partial charge on any atom is 0.329 e. The Kier molecular flexibility index (Phi) is 7.70. The average molecular weight is 461 g/mol. The molecule has 0 saturated carbocycles. The summed E-state index contributed by atoms with van der Waals surface area (Å²) in [5.74, 6) is -1.89. The molecule has 1 aromatic heterocycles. The molecule has 0 fully saturated rings. The molecule has 31 heavy (non-hydrogen) atoms. The Morgan fingerprint density at radius 2 is 1.77 bits per heavy atom. The van der Waals surface area contributed by atoms with Crippen molar-refractivity contribution in [2.24, 2.45) is 0 Å². The predicted molar refractivity (Wildman–Crippen MR) is 116 cm³/mol. The summed E-state index contributed by atoms with van der Waals surface area (Å²) in [5.41, 5.74) is 1.10. The number of hydrogen-bond donors (Lipinski definition) is 2. The quantitative estimate of drug-likeness (QED) is 0.492. The highest BCUT2D eigenvalue weighted by molar-refractivity contribution is 6.35. The fourth-order valence-corrected chi connectivity index (χ4v) is 3.03. The highest BCUT2D eigenvalue weighted by atomic mass is 35.5. The molecule has 3 rings (SSSR count). The minimum atomic E-state index is -1.03. The number of esters is 1. The molecule has 0 aliphatic heterocycles. The minimum absolute atomic E-state index is 0.0548. The summed E-state index contributed by atoms with van der Waals surface area (Å²) in [6, 6.07) is 15.7. The van der Waals surface area contributed by atoms with Gasteiger partial charge in [-0.3, -0.25) is 9.59 Å². The zero-order chi connectivity index (χ0) is 22.2. The summed E-state index contributed by atoms with van der Waals surface area (Å²) in [4.78, 5) is 37.2. The van der Waals surface area contributed by atoms with Gasteiger partial charge in [-0.15, -0.1) is 0 Å². The Morgan fingerprint density at radius 1 is 1.00 bits per heavy atom. The molecule has 0 aliphatic rings. The summed E-state index contributed by atoms with van der Waals surface area (Å²) >= 11 is 11.9. The third kappa shape index (κ3) is 6.60. The van der Waals surface area contributed by atoms with Crippen LogP contribution < -0.4 is 10.6 Å². The maximum absolute atomic E-state index is 12.6. The molecule has 0 bridgehead atoms. The first kappa shape index (κ1) is 22.4. The monoisotopic (exact) mass is 460 g/mol. The van der Waals surface area contributed by atoms with Crippen molar-refractivity contribution in [1.82, 2.24) is 5.32 Å². The molecule has 0 unspecified atom stereocenters. The Labute approximate surface area is 188 Å². The molecule has 160 valence electrons. The van der Waals surface area contributed by atoms with Crippen molar-refractivity contribution in [3.63, 3.8) is 0 Å². The second kappa shape index (κ2) is 10.7. The third-order valence-corrected chi connectivity index (χ3v) is 4.73. The normalized spacial score (nSPS) is 11.4. The van der Waals surface area contributed by atoms with Crippen molar-refractivity contribution in [3.05, 3.63) is 88.3 Å². The van der Waals surface area contributed by atoms with Crippen LogP contribution >= 0.6 is 23.2 Å². The van der Waals surface area contributed by atoms with Gasteiger partial charge in [0.15, 0.2) is 12.4 Å². The number of nitrogens with one attached hydrogen (secondary N) is 2. The molecule has 0 radical (unpaired) electrons. The number of rotatable bonds is 8. The Morgan fingerprint density at radius 3 is 2.48 bits per heavy atom. The first-order valence-electron chi connectivity index (χ1n) is 9.22. The van der Waals surface area contributed by atoms with E-state index >= 15 is 0 Å². The topological polar surface area (TPSA) is 97.6 Å². The summed E-state index contributed by atoms with van der Waals surface area (Å²) in [6.45, 7) is -0.566. The van der Waals surface area contributed by atoms with Gasteiger partial charge in [-0.1, -0.05) is 53.5 Å². The molecule has 2 aromatic carbocycles. The van der Waals surface area contributed by atoms with Gasteiger partial charge in [-0.2, -0.15) is 0 Å². The second-order valence-electron chi connectivity index (χ2n) is 6.47. The van der Waals surface area contributed by atoms with Crippen molar-refractivity contribution in [2.45, 2.75) is 12.5 Å². The van der Waals surface area contributed by atoms with Crippen molar-refractivity contribution in [1.29, 1.82) is 0 Å². The number of halogens is 2. The van der Waals surface area contributed by atoms with Crippen molar-refractivity contribution >= 4 is 46.7 Å². The molecule has 3 aromatic rings. The lowest BCUT2D eigenvalue weighted by Crippen LogP contribution is -2.44. The number of hydrogen-bond acceptors (Lipinski definition) is 5. The first-order valence-corrected chi connectivity index (χ1v) is 9.98. The van der Waals surface area contributed by atoms with E-state index in [-0.39, 0.29) is 17.2 Å². The zero-order valence-electron chi connectivity index (χ0n) is 16.1. The van der Waals surface area contributed by atoms with Crippen LogP contribution in [0.4, 0.5) is 5.69 Å². The maximum atomic E-state index is 12.6. The zero-order valence-corrected chi connectivity index (χ0v) is 17.7. The smallest absolute Gasteiger partial charge is 0.329 e. The minimum Gasteiger partial charge on any atom is -0.459 e. The van der Waals surface area contributed by atoms with Gasteiger partial charge >= 0.3 is 5.97 Å². The van der Waals surface area contributed by atoms with Gasteiger partial charge in [0.25, 0.3) is 11.8 Å². The van der Waals surface area contributed by atoms with Gasteiger partial charge in [-0.05, 0) is 35.9 Å². The van der Waals surface area contributed by atoms with Crippen LogP contribution in [-0.4, -0.2) is 30.4 Å². The molecule has 7 nitrogen and oxygen atoms in total. The highest BCUT2D eigenvalue weighted by Crippen LogP contribution is 2.25. The molecule has 2 N–H and O–H groups in total. The fraction of sp³-hybridized carbons (Fsp3) is 0.136. The molecule has 0 spiro atoms. The van der Waals surface area contributed by atoms with E-state index in [1.165, 1.54) is 24.5 Å². The van der Waals surface area contributed by atoms with E-state index in [2.05, 4.69) is 10.6 Å². The van der Waals surface area contributed by atoms with Gasteiger partial charge in [-0.25, -0.2) is 4.79 Å². The Balaban J connectivity index is 1.63. The number of carbonyl (C=O) groups is 3. The SMILES string of the molecule is O=C(COC(=O)[C@H](Cc1ccccc1)NC(=O)c1ccco1)Nc1cc(Cl)ccc1Cl. The summed E-state index contributed by atoms with van der Waals surface area (Å²) in [6.07, 6.45) is 1.53. The summed E-state index contributed by atoms with van der Waals surface area (Å²) < 4.78 is 10.2. The summed E-state index contributed by atoms with van der Waals surface area (Å²) in [5, 5.41) is 5.78. The van der Waals surface area contributed by atoms with Crippen LogP contribution in [0.25, 0.3) is 0 Å². The highest BCUT2D eigenvalue weighted by Gasteiger charge is 2.25. The van der Waals surface area contributed by atoms with Crippen LogP contribution in [0.1, 0.15) is 16.1 Å². The number of ether oxygens (including phenoxy) is 1. The lowest BCUT2D eigenvalue weighted by molar-refractivity contribution is -0.149.